The minimum Gasteiger partial charge on any atom is -0.295 e. The van der Waals surface area contributed by atoms with Gasteiger partial charge in [0, 0.05) is 18.2 Å². The van der Waals surface area contributed by atoms with Gasteiger partial charge in [0.05, 0.1) is 6.04 Å². The van der Waals surface area contributed by atoms with Crippen LogP contribution in [0.1, 0.15) is 51.4 Å². The van der Waals surface area contributed by atoms with Crippen LogP contribution in [0.25, 0.3) is 0 Å². The Balaban J connectivity index is 1.99. The van der Waals surface area contributed by atoms with E-state index in [4.69, 9.17) is 0 Å². The van der Waals surface area contributed by atoms with Crippen LogP contribution in [0, 0.1) is 0 Å². The Kier molecular flexibility index (Phi) is 3.41. The topological polar surface area (TPSA) is 40.5 Å². The highest BCUT2D eigenvalue weighted by Crippen LogP contribution is 2.27. The molecule has 0 saturated heterocycles. The van der Waals surface area contributed by atoms with Crippen LogP contribution in [0.2, 0.25) is 0 Å². The second-order valence-electron chi connectivity index (χ2n) is 4.59. The minimum absolute atomic E-state index is 0.158. The highest BCUT2D eigenvalue weighted by molar-refractivity contribution is 5.90. The molecule has 2 rings (SSSR count). The fourth-order valence-electron chi connectivity index (χ4n) is 2.51. The molecule has 1 saturated carbocycles. The number of allylic oxidation sites excluding steroid dienone is 2. The molecule has 15 heavy (non-hydrogen) atoms. The highest BCUT2D eigenvalue weighted by Gasteiger charge is 2.23. The van der Waals surface area contributed by atoms with Gasteiger partial charge in [-0.25, -0.2) is 0 Å². The van der Waals surface area contributed by atoms with Gasteiger partial charge in [0.2, 0.25) is 0 Å². The summed E-state index contributed by atoms with van der Waals surface area (Å²) in [6.07, 6.45) is 9.78. The van der Waals surface area contributed by atoms with Crippen molar-refractivity contribution in [2.45, 2.75) is 57.4 Å². The molecule has 0 aromatic carbocycles. The van der Waals surface area contributed by atoms with E-state index in [1.807, 2.05) is 0 Å². The van der Waals surface area contributed by atoms with Crippen molar-refractivity contribution < 1.29 is 10.0 Å². The Labute approximate surface area is 90.7 Å². The lowest BCUT2D eigenvalue weighted by molar-refractivity contribution is -0.120. The van der Waals surface area contributed by atoms with Crippen molar-refractivity contribution in [1.29, 1.82) is 0 Å². The summed E-state index contributed by atoms with van der Waals surface area (Å²) in [6, 6.07) is 0.246. The first-order valence-electron chi connectivity index (χ1n) is 5.99. The highest BCUT2D eigenvalue weighted by atomic mass is 16.5. The molecule has 3 heteroatoms. The zero-order chi connectivity index (χ0) is 10.7. The molecule has 0 aromatic heterocycles. The first kappa shape index (κ1) is 10.7. The summed E-state index contributed by atoms with van der Waals surface area (Å²) in [5.41, 5.74) is 0.832. The largest absolute Gasteiger partial charge is 0.295 e. The van der Waals surface area contributed by atoms with Crippen LogP contribution in [-0.4, -0.2) is 22.1 Å². The Morgan fingerprint density at radius 2 is 1.87 bits per heavy atom. The van der Waals surface area contributed by atoms with Crippen molar-refractivity contribution in [1.82, 2.24) is 5.06 Å². The Morgan fingerprint density at radius 3 is 2.53 bits per heavy atom. The summed E-state index contributed by atoms with van der Waals surface area (Å²) in [5, 5.41) is 11.4. The van der Waals surface area contributed by atoms with Crippen molar-refractivity contribution >= 4 is 5.78 Å². The second kappa shape index (κ2) is 4.79. The molecule has 1 fully saturated rings. The number of nitrogens with zero attached hydrogens (tertiary/aromatic N) is 1. The lowest BCUT2D eigenvalue weighted by atomic mass is 9.94. The molecule has 0 aromatic rings. The van der Waals surface area contributed by atoms with Gasteiger partial charge in [0.15, 0.2) is 5.78 Å². The van der Waals surface area contributed by atoms with E-state index in [9.17, 15) is 10.0 Å². The van der Waals surface area contributed by atoms with E-state index in [2.05, 4.69) is 0 Å². The second-order valence-corrected chi connectivity index (χ2v) is 4.59. The van der Waals surface area contributed by atoms with Crippen LogP contribution < -0.4 is 0 Å². The standard InChI is InChI=1S/C12H19NO2/c14-12-8-4-7-11(9-12)13(15)10-5-2-1-3-6-10/h9-10,15H,1-8H2. The van der Waals surface area contributed by atoms with Gasteiger partial charge in [0.25, 0.3) is 0 Å². The molecule has 0 heterocycles. The van der Waals surface area contributed by atoms with E-state index < -0.39 is 0 Å². The normalized spacial score (nSPS) is 23.8. The van der Waals surface area contributed by atoms with Crippen LogP contribution >= 0.6 is 0 Å². The molecule has 2 aliphatic carbocycles. The van der Waals surface area contributed by atoms with Crippen LogP contribution in [0.5, 0.6) is 0 Å². The van der Waals surface area contributed by atoms with Crippen molar-refractivity contribution in [3.63, 3.8) is 0 Å². The van der Waals surface area contributed by atoms with Crippen LogP contribution in [0.4, 0.5) is 0 Å². The van der Waals surface area contributed by atoms with Crippen LogP contribution in [0.3, 0.4) is 0 Å². The molecular weight excluding hydrogens is 190 g/mol. The molecular formula is C12H19NO2. The Hall–Kier alpha value is -0.830. The molecule has 0 atom stereocenters. The summed E-state index contributed by atoms with van der Waals surface area (Å²) in [7, 11) is 0. The van der Waals surface area contributed by atoms with Gasteiger partial charge in [-0.2, -0.15) is 0 Å². The monoisotopic (exact) mass is 209 g/mol. The van der Waals surface area contributed by atoms with Crippen molar-refractivity contribution in [2.75, 3.05) is 0 Å². The maximum atomic E-state index is 11.2. The van der Waals surface area contributed by atoms with Gasteiger partial charge in [0.1, 0.15) is 0 Å². The average Bonchev–Trinajstić information content (AvgIpc) is 2.29. The third-order valence-corrected chi connectivity index (χ3v) is 3.40. The molecule has 0 amide bonds. The molecule has 3 nitrogen and oxygen atoms in total. The molecule has 84 valence electrons. The molecule has 0 unspecified atom stereocenters. The number of hydroxylamine groups is 2. The molecule has 0 aliphatic heterocycles. The minimum atomic E-state index is 0.158. The van der Waals surface area contributed by atoms with Gasteiger partial charge in [-0.1, -0.05) is 19.3 Å². The summed E-state index contributed by atoms with van der Waals surface area (Å²) >= 11 is 0. The summed E-state index contributed by atoms with van der Waals surface area (Å²) in [6.45, 7) is 0. The first-order valence-corrected chi connectivity index (χ1v) is 5.99. The van der Waals surface area contributed by atoms with Gasteiger partial charge in [-0.05, 0) is 25.7 Å². The predicted molar refractivity (Wildman–Crippen MR) is 57.4 cm³/mol. The van der Waals surface area contributed by atoms with Gasteiger partial charge < -0.3 is 0 Å². The van der Waals surface area contributed by atoms with Crippen molar-refractivity contribution in [2.24, 2.45) is 0 Å². The van der Waals surface area contributed by atoms with E-state index >= 15 is 0 Å². The SMILES string of the molecule is O=C1C=C(N(O)C2CCCCC2)CCC1. The zero-order valence-corrected chi connectivity index (χ0v) is 9.11. The summed E-state index contributed by atoms with van der Waals surface area (Å²) < 4.78 is 0. The van der Waals surface area contributed by atoms with Crippen LogP contribution in [-0.2, 0) is 4.79 Å². The molecule has 2 aliphatic rings. The third kappa shape index (κ3) is 2.59. The van der Waals surface area contributed by atoms with E-state index in [1.165, 1.54) is 24.3 Å². The van der Waals surface area contributed by atoms with E-state index in [0.29, 0.717) is 6.42 Å². The maximum absolute atomic E-state index is 11.2. The van der Waals surface area contributed by atoms with Crippen molar-refractivity contribution in [3.05, 3.63) is 11.8 Å². The predicted octanol–water partition coefficient (Wildman–Crippen LogP) is 2.65. The molecule has 0 spiro atoms. The fourth-order valence-corrected chi connectivity index (χ4v) is 2.51. The number of carbonyl (C=O) groups excluding carboxylic acids is 1. The number of ketones is 1. The Bertz CT molecular complexity index is 267. The molecule has 1 N–H and O–H groups in total. The Morgan fingerprint density at radius 1 is 1.13 bits per heavy atom. The zero-order valence-electron chi connectivity index (χ0n) is 9.11. The lowest BCUT2D eigenvalue weighted by Crippen LogP contribution is -2.34. The van der Waals surface area contributed by atoms with Gasteiger partial charge >= 0.3 is 0 Å². The van der Waals surface area contributed by atoms with E-state index in [1.54, 1.807) is 6.08 Å². The van der Waals surface area contributed by atoms with E-state index in [-0.39, 0.29) is 11.8 Å². The smallest absolute Gasteiger partial charge is 0.157 e. The van der Waals surface area contributed by atoms with Gasteiger partial charge in [-0.3, -0.25) is 15.1 Å². The molecule has 0 bridgehead atoms. The maximum Gasteiger partial charge on any atom is 0.157 e. The summed E-state index contributed by atoms with van der Waals surface area (Å²) in [4.78, 5) is 11.2. The third-order valence-electron chi connectivity index (χ3n) is 3.40. The van der Waals surface area contributed by atoms with Gasteiger partial charge in [-0.15, -0.1) is 0 Å². The fraction of sp³-hybridized carbons (Fsp3) is 0.750. The number of rotatable bonds is 2. The van der Waals surface area contributed by atoms with Crippen molar-refractivity contribution in [3.8, 4) is 0 Å². The van der Waals surface area contributed by atoms with E-state index in [0.717, 1.165) is 31.4 Å². The molecule has 0 radical (unpaired) electrons. The number of carbonyl (C=O) groups is 1. The summed E-state index contributed by atoms with van der Waals surface area (Å²) in [5.74, 6) is 0.158. The van der Waals surface area contributed by atoms with Crippen LogP contribution in [0.15, 0.2) is 11.8 Å². The lowest BCUT2D eigenvalue weighted by Gasteiger charge is -2.33. The average molecular weight is 209 g/mol. The number of hydrogen-bond acceptors (Lipinski definition) is 3. The quantitative estimate of drug-likeness (QED) is 0.711. The number of hydrogen-bond donors (Lipinski definition) is 1. The first-order chi connectivity index (χ1) is 7.27.